The molecule has 3 aromatic carbocycles. The van der Waals surface area contributed by atoms with Gasteiger partial charge in [-0.3, -0.25) is 14.4 Å². The standard InChI is InChI=1S/C30H24N4O3S2/c1-20-25(18-31)30(39-28(20)29(37)33-22-11-6-3-7-12-22)34-27(36)19-38-24-14-8-13-23(17-24)32-26(35)16-15-21-9-4-2-5-10-21/h2-17H,19H2,1H3,(H,32,35)(H,33,37)(H,34,36)/b16-15+. The van der Waals surface area contributed by atoms with E-state index in [0.717, 1.165) is 21.8 Å². The van der Waals surface area contributed by atoms with Crippen molar-refractivity contribution < 1.29 is 14.4 Å². The molecule has 0 saturated heterocycles. The van der Waals surface area contributed by atoms with E-state index in [0.29, 0.717) is 26.8 Å². The molecule has 0 radical (unpaired) electrons. The molecule has 3 N–H and O–H groups in total. The van der Waals surface area contributed by atoms with Crippen molar-refractivity contribution in [3.63, 3.8) is 0 Å². The molecule has 4 aromatic rings. The van der Waals surface area contributed by atoms with Gasteiger partial charge in [-0.15, -0.1) is 23.1 Å². The van der Waals surface area contributed by atoms with Gasteiger partial charge in [0.2, 0.25) is 11.8 Å². The molecule has 0 bridgehead atoms. The number of nitrogens with zero attached hydrogens (tertiary/aromatic N) is 1. The lowest BCUT2D eigenvalue weighted by atomic mass is 10.1. The van der Waals surface area contributed by atoms with Crippen LogP contribution in [0.2, 0.25) is 0 Å². The van der Waals surface area contributed by atoms with Crippen molar-refractivity contribution in [1.82, 2.24) is 0 Å². The summed E-state index contributed by atoms with van der Waals surface area (Å²) in [6, 6.07) is 27.8. The van der Waals surface area contributed by atoms with E-state index in [9.17, 15) is 19.6 Å². The molecule has 1 aromatic heterocycles. The molecule has 0 aliphatic carbocycles. The van der Waals surface area contributed by atoms with Gasteiger partial charge in [0.15, 0.2) is 0 Å². The first kappa shape index (κ1) is 27.4. The van der Waals surface area contributed by atoms with Gasteiger partial charge in [-0.1, -0.05) is 54.6 Å². The molecular weight excluding hydrogens is 528 g/mol. The summed E-state index contributed by atoms with van der Waals surface area (Å²) in [7, 11) is 0. The molecule has 1 heterocycles. The second-order valence-electron chi connectivity index (χ2n) is 8.29. The van der Waals surface area contributed by atoms with E-state index in [2.05, 4.69) is 22.0 Å². The Morgan fingerprint density at radius 2 is 1.59 bits per heavy atom. The zero-order valence-electron chi connectivity index (χ0n) is 20.9. The lowest BCUT2D eigenvalue weighted by molar-refractivity contribution is -0.114. The first-order valence-electron chi connectivity index (χ1n) is 11.9. The van der Waals surface area contributed by atoms with Crippen molar-refractivity contribution in [2.45, 2.75) is 11.8 Å². The van der Waals surface area contributed by atoms with E-state index in [-0.39, 0.29) is 29.0 Å². The third-order valence-corrected chi connectivity index (χ3v) is 7.65. The van der Waals surface area contributed by atoms with E-state index in [1.165, 1.54) is 17.8 Å². The fourth-order valence-corrected chi connectivity index (χ4v) is 5.38. The molecule has 0 aliphatic heterocycles. The Bertz CT molecular complexity index is 1560. The van der Waals surface area contributed by atoms with Crippen LogP contribution >= 0.6 is 23.1 Å². The van der Waals surface area contributed by atoms with Gasteiger partial charge in [0.05, 0.1) is 16.2 Å². The highest BCUT2D eigenvalue weighted by atomic mass is 32.2. The summed E-state index contributed by atoms with van der Waals surface area (Å²) >= 11 is 2.36. The smallest absolute Gasteiger partial charge is 0.266 e. The molecule has 7 nitrogen and oxygen atoms in total. The lowest BCUT2D eigenvalue weighted by Gasteiger charge is -2.06. The zero-order chi connectivity index (χ0) is 27.6. The maximum absolute atomic E-state index is 12.8. The van der Waals surface area contributed by atoms with Gasteiger partial charge < -0.3 is 16.0 Å². The van der Waals surface area contributed by atoms with E-state index < -0.39 is 0 Å². The minimum absolute atomic E-state index is 0.0820. The number of carbonyl (C=O) groups is 3. The Labute approximate surface area is 234 Å². The first-order chi connectivity index (χ1) is 18.9. The normalized spacial score (nSPS) is 10.6. The second-order valence-corrected chi connectivity index (χ2v) is 10.4. The number of amides is 3. The van der Waals surface area contributed by atoms with Crippen LogP contribution in [0.4, 0.5) is 16.4 Å². The number of benzene rings is 3. The first-order valence-corrected chi connectivity index (χ1v) is 13.7. The van der Waals surface area contributed by atoms with Crippen molar-refractivity contribution >= 4 is 63.3 Å². The summed E-state index contributed by atoms with van der Waals surface area (Å²) in [5, 5.41) is 18.4. The zero-order valence-corrected chi connectivity index (χ0v) is 22.6. The fourth-order valence-electron chi connectivity index (χ4n) is 3.56. The molecule has 0 fully saturated rings. The van der Waals surface area contributed by atoms with Crippen LogP contribution < -0.4 is 16.0 Å². The van der Waals surface area contributed by atoms with Crippen molar-refractivity contribution in [2.75, 3.05) is 21.7 Å². The van der Waals surface area contributed by atoms with Crippen LogP contribution in [0.5, 0.6) is 0 Å². The molecule has 4 rings (SSSR count). The number of hydrogen-bond donors (Lipinski definition) is 3. The van der Waals surface area contributed by atoms with Crippen LogP contribution in [-0.4, -0.2) is 23.5 Å². The number of hydrogen-bond acceptors (Lipinski definition) is 6. The number of rotatable bonds is 9. The average Bonchev–Trinajstić information content (AvgIpc) is 3.26. The molecule has 0 atom stereocenters. The van der Waals surface area contributed by atoms with Gasteiger partial charge >= 0.3 is 0 Å². The highest BCUT2D eigenvalue weighted by Gasteiger charge is 2.21. The summed E-state index contributed by atoms with van der Waals surface area (Å²) in [4.78, 5) is 38.9. The van der Waals surface area contributed by atoms with Crippen LogP contribution in [-0.2, 0) is 9.59 Å². The largest absolute Gasteiger partial charge is 0.322 e. The monoisotopic (exact) mass is 552 g/mol. The van der Waals surface area contributed by atoms with E-state index in [1.807, 2.05) is 54.6 Å². The summed E-state index contributed by atoms with van der Waals surface area (Å²) < 4.78 is 0. The molecule has 0 spiro atoms. The quantitative estimate of drug-likeness (QED) is 0.161. The molecule has 39 heavy (non-hydrogen) atoms. The number of thioether (sulfide) groups is 1. The van der Waals surface area contributed by atoms with Crippen LogP contribution in [0.1, 0.15) is 26.4 Å². The number of anilines is 3. The molecule has 194 valence electrons. The predicted octanol–water partition coefficient (Wildman–Crippen LogP) is 6.56. The Morgan fingerprint density at radius 3 is 2.31 bits per heavy atom. The third kappa shape index (κ3) is 7.68. The number of nitrogens with one attached hydrogen (secondary N) is 3. The SMILES string of the molecule is Cc1c(C(=O)Nc2ccccc2)sc(NC(=O)CSc2cccc(NC(=O)/C=C/c3ccccc3)c2)c1C#N. The number of para-hydroxylation sites is 1. The highest BCUT2D eigenvalue weighted by Crippen LogP contribution is 2.33. The van der Waals surface area contributed by atoms with Crippen LogP contribution in [0.25, 0.3) is 6.08 Å². The number of thiophene rings is 1. The predicted molar refractivity (Wildman–Crippen MR) is 158 cm³/mol. The van der Waals surface area contributed by atoms with Crippen molar-refractivity contribution in [3.8, 4) is 6.07 Å². The Morgan fingerprint density at radius 1 is 0.897 bits per heavy atom. The van der Waals surface area contributed by atoms with Gasteiger partial charge in [-0.05, 0) is 54.5 Å². The topological polar surface area (TPSA) is 111 Å². The number of nitriles is 1. The highest BCUT2D eigenvalue weighted by molar-refractivity contribution is 8.00. The van der Waals surface area contributed by atoms with Gasteiger partial charge in [-0.2, -0.15) is 5.26 Å². The van der Waals surface area contributed by atoms with Crippen molar-refractivity contribution in [3.05, 3.63) is 113 Å². The van der Waals surface area contributed by atoms with Crippen LogP contribution in [0.3, 0.4) is 0 Å². The van der Waals surface area contributed by atoms with Gasteiger partial charge in [0.25, 0.3) is 5.91 Å². The Balaban J connectivity index is 1.34. The Hall–Kier alpha value is -4.65. The van der Waals surface area contributed by atoms with E-state index >= 15 is 0 Å². The van der Waals surface area contributed by atoms with E-state index in [1.54, 1.807) is 43.3 Å². The van der Waals surface area contributed by atoms with Gasteiger partial charge in [0, 0.05) is 22.3 Å². The average molecular weight is 553 g/mol. The molecule has 3 amide bonds. The maximum Gasteiger partial charge on any atom is 0.266 e. The minimum Gasteiger partial charge on any atom is -0.322 e. The van der Waals surface area contributed by atoms with Gasteiger partial charge in [-0.25, -0.2) is 0 Å². The fraction of sp³-hybridized carbons (Fsp3) is 0.0667. The van der Waals surface area contributed by atoms with Gasteiger partial charge in [0.1, 0.15) is 11.1 Å². The molecular formula is C30H24N4O3S2. The van der Waals surface area contributed by atoms with Crippen LogP contribution in [0.15, 0.2) is 95.9 Å². The molecule has 0 aliphatic rings. The summed E-state index contributed by atoms with van der Waals surface area (Å²) in [5.74, 6) is -0.831. The molecule has 0 unspecified atom stereocenters. The summed E-state index contributed by atoms with van der Waals surface area (Å²) in [5.41, 5.74) is 2.96. The number of carbonyl (C=O) groups excluding carboxylic acids is 3. The lowest BCUT2D eigenvalue weighted by Crippen LogP contribution is -2.14. The summed E-state index contributed by atoms with van der Waals surface area (Å²) in [6.45, 7) is 1.69. The van der Waals surface area contributed by atoms with Crippen LogP contribution in [0, 0.1) is 18.3 Å². The minimum atomic E-state index is -0.340. The third-order valence-electron chi connectivity index (χ3n) is 5.45. The maximum atomic E-state index is 12.8. The molecule has 0 saturated carbocycles. The van der Waals surface area contributed by atoms with Crippen molar-refractivity contribution in [1.29, 1.82) is 5.26 Å². The molecule has 9 heteroatoms. The van der Waals surface area contributed by atoms with Crippen molar-refractivity contribution in [2.24, 2.45) is 0 Å². The second kappa shape index (κ2) is 13.2. The van der Waals surface area contributed by atoms with E-state index in [4.69, 9.17) is 0 Å². The Kier molecular flexibility index (Phi) is 9.29. The summed E-state index contributed by atoms with van der Waals surface area (Å²) in [6.07, 6.45) is 3.20.